The number of nitrogens with zero attached hydrogens (tertiary/aromatic N) is 4. The van der Waals surface area contributed by atoms with E-state index in [1.807, 2.05) is 9.80 Å². The molecule has 8 nitrogen and oxygen atoms in total. The van der Waals surface area contributed by atoms with Gasteiger partial charge < -0.3 is 15.2 Å². The van der Waals surface area contributed by atoms with Crippen molar-refractivity contribution in [3.8, 4) is 0 Å². The molecule has 174 valence electrons. The van der Waals surface area contributed by atoms with Gasteiger partial charge in [-0.25, -0.2) is 18.7 Å². The first-order valence-corrected chi connectivity index (χ1v) is 10.5. The molecule has 1 aliphatic rings. The Labute approximate surface area is 187 Å². The molecule has 1 saturated heterocycles. The Bertz CT molecular complexity index is 1250. The molecule has 11 heteroatoms. The van der Waals surface area contributed by atoms with E-state index in [2.05, 4.69) is 20.3 Å². The zero-order chi connectivity index (χ0) is 23.7. The number of fused-ring (bicyclic) bond motifs is 1. The average molecular weight is 460 g/mol. The van der Waals surface area contributed by atoms with Gasteiger partial charge in [-0.05, 0) is 25.1 Å². The molecule has 0 saturated carbocycles. The second kappa shape index (κ2) is 9.18. The molecule has 4 rings (SSSR count). The maximum atomic E-state index is 15.0. The molecule has 2 N–H and O–H groups in total. The number of H-pyrrole nitrogens is 1. The number of nitrogens with one attached hydrogen (secondary N) is 2. The topological polar surface area (TPSA) is 94.2 Å². The normalized spacial score (nSPS) is 15.6. The highest BCUT2D eigenvalue weighted by Crippen LogP contribution is 2.23. The number of aromatic amines is 1. The number of carbonyl (C=O) groups excluding carboxylic acids is 1. The monoisotopic (exact) mass is 460 g/mol. The van der Waals surface area contributed by atoms with Gasteiger partial charge in [-0.3, -0.25) is 14.5 Å². The summed E-state index contributed by atoms with van der Waals surface area (Å²) in [7, 11) is 1.45. The number of piperazine rings is 1. The average Bonchev–Trinajstić information content (AvgIpc) is 2.81. The van der Waals surface area contributed by atoms with Crippen LogP contribution in [-0.2, 0) is 6.54 Å². The minimum absolute atomic E-state index is 0.00443. The predicted octanol–water partition coefficient (Wildman–Crippen LogP) is 2.31. The van der Waals surface area contributed by atoms with E-state index < -0.39 is 29.4 Å². The third-order valence-electron chi connectivity index (χ3n) is 5.68. The van der Waals surface area contributed by atoms with E-state index in [9.17, 15) is 18.4 Å². The number of rotatable bonds is 5. The molecule has 1 fully saturated rings. The highest BCUT2D eigenvalue weighted by molar-refractivity contribution is 5.92. The van der Waals surface area contributed by atoms with Crippen molar-refractivity contribution in [1.29, 1.82) is 0 Å². The van der Waals surface area contributed by atoms with Crippen LogP contribution in [0.5, 0.6) is 0 Å². The molecule has 0 unspecified atom stereocenters. The van der Waals surface area contributed by atoms with Crippen molar-refractivity contribution in [2.24, 2.45) is 0 Å². The smallest absolute Gasteiger partial charge is 0.273 e. The number of hydrogen-bond acceptors (Lipinski definition) is 6. The summed E-state index contributed by atoms with van der Waals surface area (Å²) < 4.78 is 43.0. The van der Waals surface area contributed by atoms with Crippen molar-refractivity contribution >= 4 is 22.6 Å². The molecule has 0 aliphatic carbocycles. The van der Waals surface area contributed by atoms with Crippen LogP contribution in [0.3, 0.4) is 0 Å². The van der Waals surface area contributed by atoms with Crippen LogP contribution < -0.4 is 15.8 Å². The van der Waals surface area contributed by atoms with Crippen LogP contribution in [0.1, 0.15) is 34.8 Å². The second-order valence-corrected chi connectivity index (χ2v) is 7.85. The zero-order valence-corrected chi connectivity index (χ0v) is 18.2. The number of hydrogen-bond donors (Lipinski definition) is 2. The highest BCUT2D eigenvalue weighted by Gasteiger charge is 2.23. The number of carbonyl (C=O) groups is 1. The molecule has 3 aromatic rings. The lowest BCUT2D eigenvalue weighted by Gasteiger charge is -2.36. The van der Waals surface area contributed by atoms with E-state index in [-0.39, 0.29) is 29.0 Å². The fourth-order valence-corrected chi connectivity index (χ4v) is 3.88. The van der Waals surface area contributed by atoms with Gasteiger partial charge in [-0.15, -0.1) is 0 Å². The number of anilines is 1. The Morgan fingerprint density at radius 3 is 2.52 bits per heavy atom. The molecule has 0 bridgehead atoms. The fraction of sp³-hybridized carbons (Fsp3) is 0.364. The first-order chi connectivity index (χ1) is 15.8. The van der Waals surface area contributed by atoms with Crippen molar-refractivity contribution in [3.05, 3.63) is 63.3 Å². The number of aromatic nitrogens is 3. The highest BCUT2D eigenvalue weighted by atomic mass is 19.1. The Morgan fingerprint density at radius 2 is 1.88 bits per heavy atom. The number of alkyl halides is 1. The summed E-state index contributed by atoms with van der Waals surface area (Å²) in [6.45, 7) is 3.55. The summed E-state index contributed by atoms with van der Waals surface area (Å²) in [5, 5.41) is 2.40. The molecule has 0 spiro atoms. The number of pyridine rings is 1. The van der Waals surface area contributed by atoms with Crippen molar-refractivity contribution in [3.63, 3.8) is 0 Å². The van der Waals surface area contributed by atoms with Crippen LogP contribution in [0.25, 0.3) is 11.0 Å². The SMILES string of the molecule is CNC(=O)c1ccc(N2CCN(Cc3ccc4nc([C@H](C)F)c(=O)[nH]c4c3F)CC2)c(F)n1. The van der Waals surface area contributed by atoms with Crippen molar-refractivity contribution < 1.29 is 18.0 Å². The van der Waals surface area contributed by atoms with Gasteiger partial charge >= 0.3 is 0 Å². The predicted molar refractivity (Wildman–Crippen MR) is 117 cm³/mol. The summed E-state index contributed by atoms with van der Waals surface area (Å²) >= 11 is 0. The van der Waals surface area contributed by atoms with Crippen molar-refractivity contribution in [1.82, 2.24) is 25.2 Å². The minimum Gasteiger partial charge on any atom is -0.365 e. The molecular weight excluding hydrogens is 437 g/mol. The van der Waals surface area contributed by atoms with Gasteiger partial charge in [0.1, 0.15) is 23.1 Å². The van der Waals surface area contributed by atoms with E-state index in [1.54, 1.807) is 12.1 Å². The molecule has 1 atom stereocenters. The van der Waals surface area contributed by atoms with Crippen LogP contribution >= 0.6 is 0 Å². The third kappa shape index (κ3) is 4.54. The molecule has 1 aliphatic heterocycles. The molecule has 0 radical (unpaired) electrons. The third-order valence-corrected chi connectivity index (χ3v) is 5.68. The summed E-state index contributed by atoms with van der Waals surface area (Å²) in [6, 6.07) is 6.13. The van der Waals surface area contributed by atoms with Crippen LogP contribution in [0.15, 0.2) is 29.1 Å². The molecule has 33 heavy (non-hydrogen) atoms. The Morgan fingerprint density at radius 1 is 1.15 bits per heavy atom. The Kier molecular flexibility index (Phi) is 6.32. The van der Waals surface area contributed by atoms with Gasteiger partial charge in [-0.1, -0.05) is 6.07 Å². The van der Waals surface area contributed by atoms with Gasteiger partial charge in [0, 0.05) is 45.3 Å². The van der Waals surface area contributed by atoms with Crippen molar-refractivity contribution in [2.45, 2.75) is 19.6 Å². The van der Waals surface area contributed by atoms with Gasteiger partial charge in [0.25, 0.3) is 11.5 Å². The van der Waals surface area contributed by atoms with E-state index in [4.69, 9.17) is 0 Å². The van der Waals surface area contributed by atoms with E-state index >= 15 is 4.39 Å². The van der Waals surface area contributed by atoms with Crippen LogP contribution in [-0.4, -0.2) is 59.0 Å². The first kappa shape index (κ1) is 22.7. The minimum atomic E-state index is -1.56. The molecule has 3 heterocycles. The quantitative estimate of drug-likeness (QED) is 0.568. The molecule has 1 aromatic carbocycles. The lowest BCUT2D eigenvalue weighted by Crippen LogP contribution is -2.46. The lowest BCUT2D eigenvalue weighted by molar-refractivity contribution is 0.0957. The van der Waals surface area contributed by atoms with Crippen LogP contribution in [0.2, 0.25) is 0 Å². The molecule has 2 aromatic heterocycles. The molecule has 1 amide bonds. The van der Waals surface area contributed by atoms with E-state index in [0.717, 1.165) is 0 Å². The van der Waals surface area contributed by atoms with Gasteiger partial charge in [-0.2, -0.15) is 4.39 Å². The summed E-state index contributed by atoms with van der Waals surface area (Å²) in [5.41, 5.74) is -0.216. The Hall–Kier alpha value is -3.47. The van der Waals surface area contributed by atoms with Crippen LogP contribution in [0.4, 0.5) is 18.9 Å². The van der Waals surface area contributed by atoms with Gasteiger partial charge in [0.15, 0.2) is 5.82 Å². The maximum Gasteiger partial charge on any atom is 0.273 e. The largest absolute Gasteiger partial charge is 0.365 e. The summed E-state index contributed by atoms with van der Waals surface area (Å²) in [5.74, 6) is -1.78. The van der Waals surface area contributed by atoms with E-state index in [1.165, 1.54) is 26.1 Å². The van der Waals surface area contributed by atoms with Gasteiger partial charge in [0.2, 0.25) is 5.95 Å². The number of benzene rings is 1. The number of amides is 1. The molecular formula is C22H23F3N6O2. The maximum absolute atomic E-state index is 15.0. The lowest BCUT2D eigenvalue weighted by atomic mass is 10.1. The second-order valence-electron chi connectivity index (χ2n) is 7.85. The summed E-state index contributed by atoms with van der Waals surface area (Å²) in [6.07, 6.45) is -1.56. The number of halogens is 3. The van der Waals surface area contributed by atoms with Gasteiger partial charge in [0.05, 0.1) is 11.2 Å². The zero-order valence-electron chi connectivity index (χ0n) is 18.2. The fourth-order valence-electron chi connectivity index (χ4n) is 3.88. The van der Waals surface area contributed by atoms with Crippen LogP contribution in [0, 0.1) is 11.8 Å². The summed E-state index contributed by atoms with van der Waals surface area (Å²) in [4.78, 5) is 37.5. The first-order valence-electron chi connectivity index (χ1n) is 10.5. The Balaban J connectivity index is 1.46. The standard InChI is InChI=1S/C22H23F3N6O2/c1-12(23)18-22(33)29-19-14(27-18)4-3-13(17(19)24)11-30-7-9-31(10-8-30)16-6-5-15(21(32)26-2)28-20(16)25/h3-6,12H,7-11H2,1-2H3,(H,26,32)(H,29,33)/t12-/m0/s1. The van der Waals surface area contributed by atoms with Crippen molar-refractivity contribution in [2.75, 3.05) is 38.1 Å². The van der Waals surface area contributed by atoms with E-state index in [0.29, 0.717) is 37.4 Å².